The topological polar surface area (TPSA) is 50.7 Å². The van der Waals surface area contributed by atoms with E-state index in [0.29, 0.717) is 12.2 Å². The van der Waals surface area contributed by atoms with Gasteiger partial charge in [0.1, 0.15) is 12.4 Å². The Bertz CT molecular complexity index is 997. The molecule has 3 rings (SSSR count). The van der Waals surface area contributed by atoms with E-state index < -0.39 is 0 Å². The second kappa shape index (κ2) is 9.40. The average molecular weight is 401 g/mol. The molecule has 0 saturated carbocycles. The number of hydrogen-bond donors (Lipinski definition) is 1. The van der Waals surface area contributed by atoms with Gasteiger partial charge < -0.3 is 4.74 Å². The van der Waals surface area contributed by atoms with Gasteiger partial charge in [0.15, 0.2) is 0 Å². The highest BCUT2D eigenvalue weighted by Crippen LogP contribution is 2.22. The lowest BCUT2D eigenvalue weighted by atomic mass is 9.87. The number of hydrogen-bond acceptors (Lipinski definition) is 3. The van der Waals surface area contributed by atoms with E-state index in [1.165, 1.54) is 11.1 Å². The van der Waals surface area contributed by atoms with Crippen molar-refractivity contribution in [3.8, 4) is 5.75 Å². The zero-order valence-corrected chi connectivity index (χ0v) is 18.0. The summed E-state index contributed by atoms with van der Waals surface area (Å²) in [6.45, 7) is 9.02. The monoisotopic (exact) mass is 400 g/mol. The fraction of sp³-hybridized carbons (Fsp3) is 0.231. The van der Waals surface area contributed by atoms with Gasteiger partial charge in [-0.3, -0.25) is 4.79 Å². The number of nitrogens with zero attached hydrogens (tertiary/aromatic N) is 1. The van der Waals surface area contributed by atoms with Crippen LogP contribution in [0.5, 0.6) is 5.75 Å². The van der Waals surface area contributed by atoms with Crippen LogP contribution >= 0.6 is 0 Å². The Balaban J connectivity index is 1.51. The first-order chi connectivity index (χ1) is 14.3. The summed E-state index contributed by atoms with van der Waals surface area (Å²) in [6.07, 6.45) is 1.62. The summed E-state index contributed by atoms with van der Waals surface area (Å²) in [5.41, 5.74) is 7.64. The number of nitrogens with one attached hydrogen (secondary N) is 1. The molecule has 0 saturated heterocycles. The van der Waals surface area contributed by atoms with Gasteiger partial charge in [0.05, 0.1) is 6.21 Å². The zero-order valence-electron chi connectivity index (χ0n) is 18.0. The molecule has 0 atom stereocenters. The van der Waals surface area contributed by atoms with Crippen LogP contribution in [0.25, 0.3) is 0 Å². The van der Waals surface area contributed by atoms with E-state index in [2.05, 4.69) is 62.5 Å². The summed E-state index contributed by atoms with van der Waals surface area (Å²) in [6, 6.07) is 23.5. The quantitative estimate of drug-likeness (QED) is 0.430. The fourth-order valence-electron chi connectivity index (χ4n) is 2.85. The molecule has 3 aromatic rings. The van der Waals surface area contributed by atoms with Crippen molar-refractivity contribution in [1.29, 1.82) is 0 Å². The maximum absolute atomic E-state index is 12.2. The molecule has 0 aliphatic carbocycles. The molecule has 30 heavy (non-hydrogen) atoms. The highest BCUT2D eigenvalue weighted by molar-refractivity contribution is 5.94. The Morgan fingerprint density at radius 3 is 2.17 bits per heavy atom. The summed E-state index contributed by atoms with van der Waals surface area (Å²) >= 11 is 0. The molecular formula is C26H28N2O2. The van der Waals surface area contributed by atoms with Gasteiger partial charge in [0, 0.05) is 5.56 Å². The lowest BCUT2D eigenvalue weighted by molar-refractivity contribution is 0.0955. The molecule has 4 nitrogen and oxygen atoms in total. The van der Waals surface area contributed by atoms with Gasteiger partial charge in [-0.15, -0.1) is 0 Å². The molecule has 1 N–H and O–H groups in total. The van der Waals surface area contributed by atoms with Crippen LogP contribution in [0, 0.1) is 6.92 Å². The van der Waals surface area contributed by atoms with Crippen molar-refractivity contribution in [2.24, 2.45) is 5.10 Å². The molecule has 154 valence electrons. The Hall–Kier alpha value is -3.40. The molecule has 0 unspecified atom stereocenters. The molecule has 0 spiro atoms. The van der Waals surface area contributed by atoms with Crippen molar-refractivity contribution in [2.45, 2.75) is 39.7 Å². The summed E-state index contributed by atoms with van der Waals surface area (Å²) in [5.74, 6) is 0.556. The summed E-state index contributed by atoms with van der Waals surface area (Å²) < 4.78 is 5.81. The van der Waals surface area contributed by atoms with E-state index in [1.54, 1.807) is 6.21 Å². The third kappa shape index (κ3) is 6.05. The average Bonchev–Trinajstić information content (AvgIpc) is 2.74. The minimum atomic E-state index is -0.232. The van der Waals surface area contributed by atoms with Crippen LogP contribution < -0.4 is 10.2 Å². The number of rotatable bonds is 6. The number of hydrazone groups is 1. The largest absolute Gasteiger partial charge is 0.489 e. The number of amides is 1. The SMILES string of the molecule is Cc1ccc(COc2ccc(/C=N/NC(=O)c3ccc(C(C)(C)C)cc3)cc2)cc1. The first-order valence-electron chi connectivity index (χ1n) is 10.0. The van der Waals surface area contributed by atoms with Gasteiger partial charge >= 0.3 is 0 Å². The van der Waals surface area contributed by atoms with Gasteiger partial charge in [-0.05, 0) is 65.4 Å². The van der Waals surface area contributed by atoms with Crippen LogP contribution in [0.15, 0.2) is 77.9 Å². The summed E-state index contributed by atoms with van der Waals surface area (Å²) in [4.78, 5) is 12.2. The highest BCUT2D eigenvalue weighted by atomic mass is 16.5. The van der Waals surface area contributed by atoms with Crippen molar-refractivity contribution in [1.82, 2.24) is 5.43 Å². The normalized spacial score (nSPS) is 11.5. The maximum atomic E-state index is 12.2. The van der Waals surface area contributed by atoms with Gasteiger partial charge in [-0.2, -0.15) is 5.10 Å². The molecule has 0 aromatic heterocycles. The first kappa shape index (κ1) is 21.3. The van der Waals surface area contributed by atoms with Crippen molar-refractivity contribution < 1.29 is 9.53 Å². The van der Waals surface area contributed by atoms with Gasteiger partial charge in [-0.25, -0.2) is 5.43 Å². The third-order valence-corrected chi connectivity index (χ3v) is 4.80. The van der Waals surface area contributed by atoms with E-state index >= 15 is 0 Å². The van der Waals surface area contributed by atoms with Crippen molar-refractivity contribution in [3.63, 3.8) is 0 Å². The van der Waals surface area contributed by atoms with E-state index in [-0.39, 0.29) is 11.3 Å². The zero-order chi connectivity index (χ0) is 21.6. The van der Waals surface area contributed by atoms with Crippen LogP contribution in [0.2, 0.25) is 0 Å². The minimum Gasteiger partial charge on any atom is -0.489 e. The van der Waals surface area contributed by atoms with Gasteiger partial charge in [-0.1, -0.05) is 62.7 Å². The van der Waals surface area contributed by atoms with Crippen LogP contribution in [-0.2, 0) is 12.0 Å². The fourth-order valence-corrected chi connectivity index (χ4v) is 2.85. The molecule has 4 heteroatoms. The molecule has 0 heterocycles. The smallest absolute Gasteiger partial charge is 0.271 e. The van der Waals surface area contributed by atoms with Gasteiger partial charge in [0.2, 0.25) is 0 Å². The molecule has 0 radical (unpaired) electrons. The predicted molar refractivity (Wildman–Crippen MR) is 122 cm³/mol. The highest BCUT2D eigenvalue weighted by Gasteiger charge is 2.14. The second-order valence-electron chi connectivity index (χ2n) is 8.37. The molecule has 0 aliphatic heterocycles. The summed E-state index contributed by atoms with van der Waals surface area (Å²) in [7, 11) is 0. The Labute approximate surface area is 178 Å². The minimum absolute atomic E-state index is 0.0587. The van der Waals surface area contributed by atoms with Crippen molar-refractivity contribution in [3.05, 3.63) is 101 Å². The van der Waals surface area contributed by atoms with Crippen molar-refractivity contribution in [2.75, 3.05) is 0 Å². The predicted octanol–water partition coefficient (Wildman–Crippen LogP) is 5.64. The number of benzene rings is 3. The Kier molecular flexibility index (Phi) is 6.68. The molecule has 0 bridgehead atoms. The Morgan fingerprint density at radius 1 is 0.933 bits per heavy atom. The van der Waals surface area contributed by atoms with Crippen molar-refractivity contribution >= 4 is 12.1 Å². The van der Waals surface area contributed by atoms with Crippen LogP contribution in [0.3, 0.4) is 0 Å². The maximum Gasteiger partial charge on any atom is 0.271 e. The number of ether oxygens (including phenoxy) is 1. The van der Waals surface area contributed by atoms with E-state index in [4.69, 9.17) is 4.74 Å². The molecular weight excluding hydrogens is 372 g/mol. The van der Waals surface area contributed by atoms with E-state index in [9.17, 15) is 4.79 Å². The standard InChI is InChI=1S/C26H28N2O2/c1-19-5-7-21(8-6-19)18-30-24-15-9-20(10-16-24)17-27-28-25(29)22-11-13-23(14-12-22)26(2,3)4/h5-17H,18H2,1-4H3,(H,28,29)/b27-17+. The van der Waals surface area contributed by atoms with Crippen LogP contribution in [0.4, 0.5) is 0 Å². The molecule has 0 aliphatic rings. The van der Waals surface area contributed by atoms with E-state index in [0.717, 1.165) is 16.9 Å². The van der Waals surface area contributed by atoms with Crippen LogP contribution in [-0.4, -0.2) is 12.1 Å². The lowest BCUT2D eigenvalue weighted by Crippen LogP contribution is -2.18. The Morgan fingerprint density at radius 2 is 1.57 bits per heavy atom. The second-order valence-corrected chi connectivity index (χ2v) is 8.37. The molecule has 0 fully saturated rings. The summed E-state index contributed by atoms with van der Waals surface area (Å²) in [5, 5.41) is 4.06. The third-order valence-electron chi connectivity index (χ3n) is 4.80. The lowest BCUT2D eigenvalue weighted by Gasteiger charge is -2.18. The van der Waals surface area contributed by atoms with Gasteiger partial charge in [0.25, 0.3) is 5.91 Å². The van der Waals surface area contributed by atoms with E-state index in [1.807, 2.05) is 48.5 Å². The van der Waals surface area contributed by atoms with Crippen LogP contribution in [0.1, 0.15) is 53.4 Å². The molecule has 3 aromatic carbocycles. The first-order valence-corrected chi connectivity index (χ1v) is 10.0. The number of aryl methyl sites for hydroxylation is 1. The number of carbonyl (C=O) groups excluding carboxylic acids is 1. The number of carbonyl (C=O) groups is 1. The molecule has 1 amide bonds.